The Bertz CT molecular complexity index is 215. The fraction of sp³-hybridized carbons (Fsp3) is 0.125. The van der Waals surface area contributed by atoms with Gasteiger partial charge in [0.1, 0.15) is 0 Å². The minimum atomic E-state index is -0.363. The number of rotatable bonds is 2. The van der Waals surface area contributed by atoms with Gasteiger partial charge in [0.25, 0.3) is 0 Å². The van der Waals surface area contributed by atoms with Gasteiger partial charge in [0, 0.05) is 0 Å². The molecule has 10 heavy (non-hydrogen) atoms. The molecule has 0 aliphatic carbocycles. The zero-order valence-corrected chi connectivity index (χ0v) is 7.83. The van der Waals surface area contributed by atoms with Crippen LogP contribution in [0.4, 0.5) is 0 Å². The number of benzene rings is 1. The van der Waals surface area contributed by atoms with Crippen LogP contribution in [0.5, 0.6) is 0 Å². The van der Waals surface area contributed by atoms with E-state index in [1.54, 1.807) is 0 Å². The number of carbonyl (C=O) groups is 1. The number of hydrogen-bond acceptors (Lipinski definition) is 1. The molecule has 1 aromatic carbocycles. The van der Waals surface area contributed by atoms with Crippen LogP contribution < -0.4 is 21.2 Å². The van der Waals surface area contributed by atoms with Crippen molar-refractivity contribution >= 4 is 4.29 Å². The number of hydrogen-bond donors (Lipinski definition) is 0. The second kappa shape index (κ2) is 3.71. The van der Waals surface area contributed by atoms with Gasteiger partial charge >= 0.3 is 70.6 Å². The number of carbonyl (C=O) groups excluding carboxylic acids is 1. The van der Waals surface area contributed by atoms with Crippen LogP contribution >= 0.6 is 0 Å². The molecule has 1 rings (SSSR count). The molecule has 0 heterocycles. The van der Waals surface area contributed by atoms with E-state index in [0.717, 1.165) is 4.29 Å². The standard InChI is InChI=1S/C8H8IO/c1-7-2-4-8(5-3-7)9-6-10/h2-6H,1H3/q-1. The molecule has 54 valence electrons. The Morgan fingerprint density at radius 3 is 2.40 bits per heavy atom. The summed E-state index contributed by atoms with van der Waals surface area (Å²) in [5, 5.41) is 0. The molecule has 1 nitrogen and oxygen atoms in total. The molecule has 0 aliphatic rings. The monoisotopic (exact) mass is 247 g/mol. The average Bonchev–Trinajstić information content (AvgIpc) is 1.95. The third kappa shape index (κ3) is 2.10. The van der Waals surface area contributed by atoms with Gasteiger partial charge in [-0.2, -0.15) is 0 Å². The van der Waals surface area contributed by atoms with Crippen molar-refractivity contribution in [3.63, 3.8) is 0 Å². The molecule has 0 aliphatic heterocycles. The molecule has 0 N–H and O–H groups in total. The van der Waals surface area contributed by atoms with E-state index < -0.39 is 0 Å². The Labute approximate surface area is 70.7 Å². The fourth-order valence-corrected chi connectivity index (χ4v) is 1.73. The third-order valence-corrected chi connectivity index (χ3v) is 2.87. The summed E-state index contributed by atoms with van der Waals surface area (Å²) >= 11 is -0.363. The first-order valence-corrected chi connectivity index (χ1v) is 5.29. The van der Waals surface area contributed by atoms with Gasteiger partial charge in [0.15, 0.2) is 0 Å². The van der Waals surface area contributed by atoms with Gasteiger partial charge in [0.2, 0.25) is 0 Å². The van der Waals surface area contributed by atoms with Crippen LogP contribution in [-0.2, 0) is 4.79 Å². The van der Waals surface area contributed by atoms with Crippen LogP contribution in [0, 0.1) is 10.5 Å². The third-order valence-electron chi connectivity index (χ3n) is 1.18. The SMILES string of the molecule is Cc1ccc([I-]C=O)cc1. The molecule has 0 bridgehead atoms. The number of aryl methyl sites for hydroxylation is 1. The first kappa shape index (κ1) is 7.72. The van der Waals surface area contributed by atoms with E-state index in [1.807, 2.05) is 31.2 Å². The first-order chi connectivity index (χ1) is 4.83. The molecule has 1 aromatic rings. The average molecular weight is 247 g/mol. The van der Waals surface area contributed by atoms with E-state index in [-0.39, 0.29) is 21.2 Å². The Morgan fingerprint density at radius 1 is 1.30 bits per heavy atom. The molecule has 0 saturated heterocycles. The molecule has 0 fully saturated rings. The maximum atomic E-state index is 10.1. The summed E-state index contributed by atoms with van der Waals surface area (Å²) in [5.74, 6) is 0. The van der Waals surface area contributed by atoms with E-state index in [1.165, 1.54) is 9.13 Å². The zero-order valence-electron chi connectivity index (χ0n) is 5.67. The molecular formula is C8H8IO-. The van der Waals surface area contributed by atoms with Gasteiger partial charge in [-0.05, 0) is 0 Å². The van der Waals surface area contributed by atoms with Crippen LogP contribution in [0.2, 0.25) is 0 Å². The second-order valence-corrected chi connectivity index (χ2v) is 4.37. The normalized spacial score (nSPS) is 9.70. The Morgan fingerprint density at radius 2 is 1.90 bits per heavy atom. The van der Waals surface area contributed by atoms with Crippen molar-refractivity contribution in [3.8, 4) is 0 Å². The van der Waals surface area contributed by atoms with Crippen molar-refractivity contribution < 1.29 is 26.0 Å². The van der Waals surface area contributed by atoms with Gasteiger partial charge in [0.05, 0.1) is 0 Å². The summed E-state index contributed by atoms with van der Waals surface area (Å²) in [4.78, 5) is 10.1. The van der Waals surface area contributed by atoms with Gasteiger partial charge in [-0.25, -0.2) is 0 Å². The van der Waals surface area contributed by atoms with Crippen molar-refractivity contribution in [1.82, 2.24) is 0 Å². The molecule has 0 saturated carbocycles. The van der Waals surface area contributed by atoms with Gasteiger partial charge in [-0.15, -0.1) is 0 Å². The minimum absolute atomic E-state index is 0.363. The van der Waals surface area contributed by atoms with Gasteiger partial charge < -0.3 is 0 Å². The second-order valence-electron chi connectivity index (χ2n) is 1.99. The number of halogens is 1. The molecular weight excluding hydrogens is 239 g/mol. The predicted octanol–water partition coefficient (Wildman–Crippen LogP) is -1.56. The van der Waals surface area contributed by atoms with E-state index in [0.29, 0.717) is 0 Å². The van der Waals surface area contributed by atoms with Crippen molar-refractivity contribution in [2.45, 2.75) is 6.92 Å². The summed E-state index contributed by atoms with van der Waals surface area (Å²) < 4.78 is 2.23. The Hall–Kier alpha value is -0.380. The predicted molar refractivity (Wildman–Crippen MR) is 36.6 cm³/mol. The summed E-state index contributed by atoms with van der Waals surface area (Å²) in [6.45, 7) is 2.04. The van der Waals surface area contributed by atoms with Crippen molar-refractivity contribution in [2.24, 2.45) is 0 Å². The van der Waals surface area contributed by atoms with Crippen LogP contribution in [-0.4, -0.2) is 4.29 Å². The Balaban J connectivity index is 2.78. The Kier molecular flexibility index (Phi) is 2.86. The van der Waals surface area contributed by atoms with E-state index in [4.69, 9.17) is 0 Å². The van der Waals surface area contributed by atoms with Crippen LogP contribution in [0.1, 0.15) is 5.56 Å². The molecule has 0 aromatic heterocycles. The zero-order chi connectivity index (χ0) is 7.40. The summed E-state index contributed by atoms with van der Waals surface area (Å²) in [6, 6.07) is 8.13. The maximum absolute atomic E-state index is 10.1. The van der Waals surface area contributed by atoms with E-state index >= 15 is 0 Å². The molecule has 0 atom stereocenters. The fourth-order valence-electron chi connectivity index (χ4n) is 0.657. The summed E-state index contributed by atoms with van der Waals surface area (Å²) in [5.41, 5.74) is 1.25. The van der Waals surface area contributed by atoms with Crippen LogP contribution in [0.25, 0.3) is 0 Å². The first-order valence-electron chi connectivity index (χ1n) is 2.96. The molecule has 0 radical (unpaired) electrons. The topological polar surface area (TPSA) is 17.1 Å². The summed E-state index contributed by atoms with van der Waals surface area (Å²) in [6.07, 6.45) is 0. The summed E-state index contributed by atoms with van der Waals surface area (Å²) in [7, 11) is 0. The van der Waals surface area contributed by atoms with Gasteiger partial charge in [-0.3, -0.25) is 0 Å². The van der Waals surface area contributed by atoms with Crippen LogP contribution in [0.15, 0.2) is 24.3 Å². The van der Waals surface area contributed by atoms with Crippen molar-refractivity contribution in [2.75, 3.05) is 0 Å². The van der Waals surface area contributed by atoms with E-state index in [2.05, 4.69) is 0 Å². The van der Waals surface area contributed by atoms with Crippen LogP contribution in [0.3, 0.4) is 0 Å². The molecule has 2 heteroatoms. The van der Waals surface area contributed by atoms with E-state index in [9.17, 15) is 4.79 Å². The molecule has 0 amide bonds. The van der Waals surface area contributed by atoms with Crippen molar-refractivity contribution in [1.29, 1.82) is 0 Å². The van der Waals surface area contributed by atoms with Crippen molar-refractivity contribution in [3.05, 3.63) is 33.4 Å². The van der Waals surface area contributed by atoms with Gasteiger partial charge in [-0.1, -0.05) is 0 Å². The molecule has 0 spiro atoms. The quantitative estimate of drug-likeness (QED) is 0.351. The molecule has 0 unspecified atom stereocenters.